The average molecular weight is 241 g/mol. The molecule has 0 atom stereocenters. The fourth-order valence-electron chi connectivity index (χ4n) is 1.95. The fraction of sp³-hybridized carbons (Fsp3) is 0.700. The van der Waals surface area contributed by atoms with Crippen molar-refractivity contribution in [3.63, 3.8) is 0 Å². The number of aromatic nitrogens is 2. The van der Waals surface area contributed by atoms with Crippen LogP contribution in [0.1, 0.15) is 48.9 Å². The van der Waals surface area contributed by atoms with E-state index in [-0.39, 0.29) is 0 Å². The third kappa shape index (κ3) is 1.25. The molecule has 0 amide bonds. The van der Waals surface area contributed by atoms with E-state index in [1.807, 2.05) is 0 Å². The zero-order chi connectivity index (χ0) is 9.00. The first-order valence-corrected chi connectivity index (χ1v) is 5.79. The minimum atomic E-state index is 0.757. The van der Waals surface area contributed by atoms with Crippen molar-refractivity contribution in [1.82, 2.24) is 9.78 Å². The van der Waals surface area contributed by atoms with Crippen LogP contribution in [0.3, 0.4) is 0 Å². The highest BCUT2D eigenvalue weighted by atomic mass is 79.9. The lowest BCUT2D eigenvalue weighted by atomic mass is 10.2. The molecule has 0 saturated heterocycles. The van der Waals surface area contributed by atoms with E-state index in [1.54, 1.807) is 0 Å². The number of rotatable bonds is 2. The number of aryl methyl sites for hydroxylation is 1. The Labute approximate surface area is 86.4 Å². The molecule has 1 aromatic heterocycles. The van der Waals surface area contributed by atoms with Crippen molar-refractivity contribution >= 4 is 15.9 Å². The van der Waals surface area contributed by atoms with Gasteiger partial charge in [-0.3, -0.25) is 4.68 Å². The first kappa shape index (κ1) is 8.04. The monoisotopic (exact) mass is 240 g/mol. The van der Waals surface area contributed by atoms with Gasteiger partial charge < -0.3 is 0 Å². The van der Waals surface area contributed by atoms with Gasteiger partial charge in [-0.1, -0.05) is 0 Å². The van der Waals surface area contributed by atoms with Crippen molar-refractivity contribution in [2.45, 2.75) is 37.5 Å². The van der Waals surface area contributed by atoms with Crippen LogP contribution in [0, 0.1) is 0 Å². The Hall–Kier alpha value is -0.310. The second-order valence-corrected chi connectivity index (χ2v) is 5.05. The first-order chi connectivity index (χ1) is 6.27. The Morgan fingerprint density at radius 1 is 1.23 bits per heavy atom. The number of hydrogen-bond acceptors (Lipinski definition) is 1. The van der Waals surface area contributed by atoms with E-state index in [0.717, 1.165) is 11.8 Å². The third-order valence-electron chi connectivity index (χ3n) is 2.98. The van der Waals surface area contributed by atoms with E-state index in [2.05, 4.69) is 32.8 Å². The van der Waals surface area contributed by atoms with Crippen LogP contribution >= 0.6 is 15.9 Å². The Balaban J connectivity index is 2.06. The summed E-state index contributed by atoms with van der Waals surface area (Å²) in [4.78, 5) is 0. The average Bonchev–Trinajstić information content (AvgIpc) is 2.96. The molecule has 0 aliphatic heterocycles. The zero-order valence-electron chi connectivity index (χ0n) is 7.76. The van der Waals surface area contributed by atoms with E-state index in [0.29, 0.717) is 0 Å². The molecule has 2 aliphatic carbocycles. The van der Waals surface area contributed by atoms with Crippen molar-refractivity contribution in [3.05, 3.63) is 15.9 Å². The molecule has 70 valence electrons. The molecule has 2 nitrogen and oxygen atoms in total. The fourth-order valence-corrected chi connectivity index (χ4v) is 2.93. The molecule has 2 saturated carbocycles. The second-order valence-electron chi connectivity index (χ2n) is 4.26. The molecular weight excluding hydrogens is 228 g/mol. The van der Waals surface area contributed by atoms with Gasteiger partial charge in [0.15, 0.2) is 0 Å². The van der Waals surface area contributed by atoms with Crippen molar-refractivity contribution in [2.75, 3.05) is 0 Å². The lowest BCUT2D eigenvalue weighted by molar-refractivity contribution is 0.699. The van der Waals surface area contributed by atoms with Gasteiger partial charge in [-0.15, -0.1) is 0 Å². The van der Waals surface area contributed by atoms with Crippen molar-refractivity contribution in [1.29, 1.82) is 0 Å². The first-order valence-electron chi connectivity index (χ1n) is 4.99. The molecule has 0 unspecified atom stereocenters. The minimum absolute atomic E-state index is 0.757. The summed E-state index contributed by atoms with van der Waals surface area (Å²) < 4.78 is 3.38. The van der Waals surface area contributed by atoms with E-state index >= 15 is 0 Å². The van der Waals surface area contributed by atoms with E-state index in [1.165, 1.54) is 41.5 Å². The zero-order valence-corrected chi connectivity index (χ0v) is 9.34. The van der Waals surface area contributed by atoms with Crippen LogP contribution in [0.2, 0.25) is 0 Å². The van der Waals surface area contributed by atoms with Gasteiger partial charge >= 0.3 is 0 Å². The van der Waals surface area contributed by atoms with Gasteiger partial charge in [-0.25, -0.2) is 0 Å². The Kier molecular flexibility index (Phi) is 1.60. The summed E-state index contributed by atoms with van der Waals surface area (Å²) in [6, 6.07) is 0. The molecule has 0 aromatic carbocycles. The smallest absolute Gasteiger partial charge is 0.0800 e. The predicted octanol–water partition coefficient (Wildman–Crippen LogP) is 2.94. The van der Waals surface area contributed by atoms with Crippen LogP contribution in [-0.4, -0.2) is 9.78 Å². The summed E-state index contributed by atoms with van der Waals surface area (Å²) in [7, 11) is 2.07. The number of hydrogen-bond donors (Lipinski definition) is 0. The van der Waals surface area contributed by atoms with Crippen LogP contribution in [0.4, 0.5) is 0 Å². The van der Waals surface area contributed by atoms with Gasteiger partial charge in [0.25, 0.3) is 0 Å². The molecule has 2 aliphatic rings. The van der Waals surface area contributed by atoms with Gasteiger partial charge in [-0.05, 0) is 41.6 Å². The highest BCUT2D eigenvalue weighted by Gasteiger charge is 2.35. The maximum atomic E-state index is 4.60. The van der Waals surface area contributed by atoms with Crippen molar-refractivity contribution in [3.8, 4) is 0 Å². The second kappa shape index (κ2) is 2.59. The number of nitrogens with zero attached hydrogens (tertiary/aromatic N) is 2. The van der Waals surface area contributed by atoms with Crippen LogP contribution in [0.25, 0.3) is 0 Å². The lowest BCUT2D eigenvalue weighted by Crippen LogP contribution is -1.96. The van der Waals surface area contributed by atoms with Crippen molar-refractivity contribution in [2.24, 2.45) is 7.05 Å². The van der Waals surface area contributed by atoms with Crippen LogP contribution in [0.15, 0.2) is 4.47 Å². The normalized spacial score (nSPS) is 22.3. The van der Waals surface area contributed by atoms with Gasteiger partial charge in [0, 0.05) is 18.9 Å². The van der Waals surface area contributed by atoms with Crippen LogP contribution < -0.4 is 0 Å². The highest BCUT2D eigenvalue weighted by molar-refractivity contribution is 9.10. The Morgan fingerprint density at radius 2 is 1.85 bits per heavy atom. The van der Waals surface area contributed by atoms with Gasteiger partial charge in [0.1, 0.15) is 0 Å². The number of halogens is 1. The molecule has 0 radical (unpaired) electrons. The molecule has 3 heteroatoms. The molecular formula is C10H13BrN2. The molecule has 0 spiro atoms. The van der Waals surface area contributed by atoms with E-state index in [9.17, 15) is 0 Å². The quantitative estimate of drug-likeness (QED) is 0.778. The summed E-state index contributed by atoms with van der Waals surface area (Å²) in [5.41, 5.74) is 2.74. The summed E-state index contributed by atoms with van der Waals surface area (Å²) in [5.74, 6) is 1.55. The molecule has 3 rings (SSSR count). The minimum Gasteiger partial charge on any atom is -0.271 e. The Morgan fingerprint density at radius 3 is 2.38 bits per heavy atom. The topological polar surface area (TPSA) is 17.8 Å². The molecule has 13 heavy (non-hydrogen) atoms. The van der Waals surface area contributed by atoms with E-state index in [4.69, 9.17) is 0 Å². The van der Waals surface area contributed by atoms with Gasteiger partial charge in [0.05, 0.1) is 15.9 Å². The summed E-state index contributed by atoms with van der Waals surface area (Å²) in [6.45, 7) is 0. The van der Waals surface area contributed by atoms with Gasteiger partial charge in [-0.2, -0.15) is 5.10 Å². The molecule has 0 N–H and O–H groups in total. The van der Waals surface area contributed by atoms with E-state index < -0.39 is 0 Å². The molecule has 1 heterocycles. The highest BCUT2D eigenvalue weighted by Crippen LogP contribution is 2.49. The van der Waals surface area contributed by atoms with Gasteiger partial charge in [0.2, 0.25) is 0 Å². The summed E-state index contributed by atoms with van der Waals surface area (Å²) >= 11 is 3.70. The largest absolute Gasteiger partial charge is 0.271 e. The SMILES string of the molecule is Cn1nc(C2CC2)c(Br)c1C1CC1. The molecule has 2 fully saturated rings. The maximum absolute atomic E-state index is 4.60. The molecule has 0 bridgehead atoms. The predicted molar refractivity (Wildman–Crippen MR) is 54.9 cm³/mol. The standard InChI is InChI=1S/C10H13BrN2/c1-13-10(7-4-5-7)8(11)9(12-13)6-2-3-6/h6-7H,2-5H2,1H3. The van der Waals surface area contributed by atoms with Crippen molar-refractivity contribution < 1.29 is 0 Å². The third-order valence-corrected chi connectivity index (χ3v) is 3.80. The molecule has 1 aromatic rings. The lowest BCUT2D eigenvalue weighted by Gasteiger charge is -1.97. The van der Waals surface area contributed by atoms with Crippen LogP contribution in [0.5, 0.6) is 0 Å². The van der Waals surface area contributed by atoms with Crippen LogP contribution in [-0.2, 0) is 7.05 Å². The maximum Gasteiger partial charge on any atom is 0.0800 e. The summed E-state index contributed by atoms with van der Waals surface area (Å²) in [6.07, 6.45) is 5.36. The summed E-state index contributed by atoms with van der Waals surface area (Å²) in [5, 5.41) is 4.60. The Bertz CT molecular complexity index is 348.